The fourth-order valence-corrected chi connectivity index (χ4v) is 3.45. The van der Waals surface area contributed by atoms with Gasteiger partial charge in [0.25, 0.3) is 0 Å². The highest BCUT2D eigenvalue weighted by molar-refractivity contribution is 5.41. The normalized spacial score (nSPS) is 16.5. The maximum Gasteiger partial charge on any atom is 0.330 e. The van der Waals surface area contributed by atoms with Crippen molar-refractivity contribution in [1.82, 2.24) is 25.1 Å². The highest BCUT2D eigenvalue weighted by Gasteiger charge is 2.21. The van der Waals surface area contributed by atoms with E-state index in [1.807, 2.05) is 30.3 Å². The van der Waals surface area contributed by atoms with Crippen molar-refractivity contribution in [2.24, 2.45) is 0 Å². The van der Waals surface area contributed by atoms with Crippen molar-refractivity contribution in [2.75, 3.05) is 62.4 Å². The average molecular weight is 451 g/mol. The predicted octanol–water partition coefficient (Wildman–Crippen LogP) is 1.71. The van der Waals surface area contributed by atoms with Crippen LogP contribution in [0.1, 0.15) is 5.56 Å². The van der Waals surface area contributed by atoms with Crippen molar-refractivity contribution < 1.29 is 18.9 Å². The zero-order chi connectivity index (χ0) is 22.3. The molecule has 2 aromatic heterocycles. The number of hydrogen-bond acceptors (Lipinski definition) is 11. The van der Waals surface area contributed by atoms with Gasteiger partial charge < -0.3 is 28.7 Å². The first-order valence-electron chi connectivity index (χ1n) is 10.9. The quantitative estimate of drug-likeness (QED) is 0.524. The maximum atomic E-state index is 5.85. The molecule has 2 fully saturated rings. The predicted molar refractivity (Wildman–Crippen MR) is 119 cm³/mol. The Kier molecular flexibility index (Phi) is 6.68. The zero-order valence-electron chi connectivity index (χ0n) is 18.2. The summed E-state index contributed by atoms with van der Waals surface area (Å²) in [5, 5.41) is 8.20. The van der Waals surface area contributed by atoms with E-state index in [0.717, 1.165) is 5.56 Å². The molecule has 0 spiro atoms. The van der Waals surface area contributed by atoms with Crippen LogP contribution in [0.15, 0.2) is 42.5 Å². The van der Waals surface area contributed by atoms with Crippen molar-refractivity contribution in [3.63, 3.8) is 0 Å². The second-order valence-corrected chi connectivity index (χ2v) is 7.50. The lowest BCUT2D eigenvalue weighted by Crippen LogP contribution is -2.40. The van der Waals surface area contributed by atoms with Gasteiger partial charge in [0.15, 0.2) is 0 Å². The molecule has 11 heteroatoms. The first-order valence-corrected chi connectivity index (χ1v) is 10.9. The number of anilines is 2. The van der Waals surface area contributed by atoms with Crippen LogP contribution in [-0.2, 0) is 16.1 Å². The SMILES string of the molecule is c1ccc(COc2ccc(Oc3nc(N4CCOCC4)nc(N4CCOCC4)n3)nn2)cc1. The van der Waals surface area contributed by atoms with Crippen LogP contribution in [0.4, 0.5) is 11.9 Å². The summed E-state index contributed by atoms with van der Waals surface area (Å²) in [6, 6.07) is 13.4. The molecule has 1 aromatic carbocycles. The monoisotopic (exact) mass is 451 g/mol. The molecule has 2 aliphatic heterocycles. The summed E-state index contributed by atoms with van der Waals surface area (Å²) in [4.78, 5) is 17.8. The fraction of sp³-hybridized carbons (Fsp3) is 0.409. The Bertz CT molecular complexity index is 990. The highest BCUT2D eigenvalue weighted by Crippen LogP contribution is 2.23. The molecule has 0 atom stereocenters. The molecule has 11 nitrogen and oxygen atoms in total. The molecule has 0 amide bonds. The summed E-state index contributed by atoms with van der Waals surface area (Å²) in [5.74, 6) is 1.79. The largest absolute Gasteiger partial charge is 0.472 e. The van der Waals surface area contributed by atoms with E-state index in [-0.39, 0.29) is 11.9 Å². The number of nitrogens with zero attached hydrogens (tertiary/aromatic N) is 7. The van der Waals surface area contributed by atoms with Crippen LogP contribution in [-0.4, -0.2) is 77.8 Å². The molecule has 0 N–H and O–H groups in total. The molecule has 0 aliphatic carbocycles. The Morgan fingerprint density at radius 1 is 0.697 bits per heavy atom. The van der Waals surface area contributed by atoms with Crippen molar-refractivity contribution in [3.05, 3.63) is 48.0 Å². The van der Waals surface area contributed by atoms with Crippen LogP contribution >= 0.6 is 0 Å². The molecule has 5 rings (SSSR count). The van der Waals surface area contributed by atoms with E-state index in [9.17, 15) is 0 Å². The van der Waals surface area contributed by atoms with Gasteiger partial charge in [-0.3, -0.25) is 0 Å². The molecule has 0 unspecified atom stereocenters. The van der Waals surface area contributed by atoms with Gasteiger partial charge in [-0.1, -0.05) is 30.3 Å². The lowest BCUT2D eigenvalue weighted by molar-refractivity contribution is 0.121. The molecular formula is C22H25N7O4. The topological polar surface area (TPSA) is 108 Å². The van der Waals surface area contributed by atoms with E-state index in [1.54, 1.807) is 12.1 Å². The number of morpholine rings is 2. The van der Waals surface area contributed by atoms with Crippen LogP contribution in [0.5, 0.6) is 17.8 Å². The Labute approximate surface area is 191 Å². The minimum atomic E-state index is 0.167. The summed E-state index contributed by atoms with van der Waals surface area (Å²) in [5.41, 5.74) is 1.05. The van der Waals surface area contributed by atoms with E-state index < -0.39 is 0 Å². The number of ether oxygens (including phenoxy) is 4. The Morgan fingerprint density at radius 3 is 1.85 bits per heavy atom. The van der Waals surface area contributed by atoms with Gasteiger partial charge in [0.1, 0.15) is 6.61 Å². The molecule has 2 saturated heterocycles. The Hall–Kier alpha value is -3.57. The van der Waals surface area contributed by atoms with Crippen molar-refractivity contribution >= 4 is 11.9 Å². The van der Waals surface area contributed by atoms with Gasteiger partial charge >= 0.3 is 6.01 Å². The molecule has 4 heterocycles. The summed E-state index contributed by atoms with van der Waals surface area (Å²) < 4.78 is 22.4. The van der Waals surface area contributed by atoms with Crippen molar-refractivity contribution in [2.45, 2.75) is 6.61 Å². The smallest absolute Gasteiger partial charge is 0.330 e. The van der Waals surface area contributed by atoms with Crippen LogP contribution in [0.2, 0.25) is 0 Å². The minimum Gasteiger partial charge on any atom is -0.472 e. The number of rotatable bonds is 7. The van der Waals surface area contributed by atoms with Gasteiger partial charge in [0.2, 0.25) is 23.7 Å². The summed E-state index contributed by atoms with van der Waals surface area (Å²) >= 11 is 0. The van der Waals surface area contributed by atoms with E-state index >= 15 is 0 Å². The maximum absolute atomic E-state index is 5.85. The molecule has 2 aliphatic rings. The minimum absolute atomic E-state index is 0.167. The second-order valence-electron chi connectivity index (χ2n) is 7.50. The summed E-state index contributed by atoms with van der Waals surface area (Å²) in [6.45, 7) is 5.76. The molecule has 0 bridgehead atoms. The van der Waals surface area contributed by atoms with E-state index in [4.69, 9.17) is 18.9 Å². The first kappa shape index (κ1) is 21.3. The molecule has 0 saturated carbocycles. The molecule has 0 radical (unpaired) electrons. The highest BCUT2D eigenvalue weighted by atomic mass is 16.5. The van der Waals surface area contributed by atoms with Crippen LogP contribution in [0.3, 0.4) is 0 Å². The van der Waals surface area contributed by atoms with E-state index in [0.29, 0.717) is 77.0 Å². The number of hydrogen-bond donors (Lipinski definition) is 0. The zero-order valence-corrected chi connectivity index (χ0v) is 18.2. The van der Waals surface area contributed by atoms with Gasteiger partial charge in [0, 0.05) is 38.3 Å². The number of benzene rings is 1. The third kappa shape index (κ3) is 5.62. The van der Waals surface area contributed by atoms with Gasteiger partial charge in [0.05, 0.1) is 26.4 Å². The lowest BCUT2D eigenvalue weighted by atomic mass is 10.2. The number of aromatic nitrogens is 5. The van der Waals surface area contributed by atoms with Crippen molar-refractivity contribution in [1.29, 1.82) is 0 Å². The second kappa shape index (κ2) is 10.4. The molecule has 3 aromatic rings. The van der Waals surface area contributed by atoms with Crippen LogP contribution in [0, 0.1) is 0 Å². The van der Waals surface area contributed by atoms with Crippen LogP contribution in [0.25, 0.3) is 0 Å². The van der Waals surface area contributed by atoms with Gasteiger partial charge in [-0.05, 0) is 5.56 Å². The average Bonchev–Trinajstić information content (AvgIpc) is 2.90. The Morgan fingerprint density at radius 2 is 1.27 bits per heavy atom. The lowest BCUT2D eigenvalue weighted by Gasteiger charge is -2.30. The third-order valence-electron chi connectivity index (χ3n) is 5.22. The molecule has 33 heavy (non-hydrogen) atoms. The molecular weight excluding hydrogens is 426 g/mol. The summed E-state index contributed by atoms with van der Waals surface area (Å²) in [6.07, 6.45) is 0. The van der Waals surface area contributed by atoms with Crippen LogP contribution < -0.4 is 19.3 Å². The Balaban J connectivity index is 1.31. The summed E-state index contributed by atoms with van der Waals surface area (Å²) in [7, 11) is 0. The fourth-order valence-electron chi connectivity index (χ4n) is 3.45. The van der Waals surface area contributed by atoms with E-state index in [2.05, 4.69) is 34.9 Å². The van der Waals surface area contributed by atoms with Gasteiger partial charge in [-0.15, -0.1) is 10.2 Å². The first-order chi connectivity index (χ1) is 16.3. The molecule has 172 valence electrons. The van der Waals surface area contributed by atoms with Gasteiger partial charge in [-0.2, -0.15) is 15.0 Å². The van der Waals surface area contributed by atoms with Crippen molar-refractivity contribution in [3.8, 4) is 17.8 Å². The standard InChI is InChI=1S/C22H25N7O4/c1-2-4-17(5-3-1)16-32-18-6-7-19(27-26-18)33-22-24-20(28-8-12-30-13-9-28)23-21(25-22)29-10-14-31-15-11-29/h1-7H,8-16H2. The third-order valence-corrected chi connectivity index (χ3v) is 5.22. The van der Waals surface area contributed by atoms with E-state index in [1.165, 1.54) is 0 Å². The van der Waals surface area contributed by atoms with Gasteiger partial charge in [-0.25, -0.2) is 0 Å².